The highest BCUT2D eigenvalue weighted by Gasteiger charge is 2.13. The molecule has 96 valence electrons. The summed E-state index contributed by atoms with van der Waals surface area (Å²) in [6, 6.07) is 5.08. The Kier molecular flexibility index (Phi) is 3.00. The molecule has 0 bridgehead atoms. The van der Waals surface area contributed by atoms with Crippen LogP contribution in [0, 0.1) is 6.92 Å². The molecule has 19 heavy (non-hydrogen) atoms. The van der Waals surface area contributed by atoms with E-state index in [4.69, 9.17) is 9.52 Å². The van der Waals surface area contributed by atoms with E-state index in [1.807, 2.05) is 13.0 Å². The monoisotopic (exact) mass is 292 g/mol. The van der Waals surface area contributed by atoms with E-state index < -0.39 is 5.97 Å². The fourth-order valence-electron chi connectivity index (χ4n) is 1.62. The summed E-state index contributed by atoms with van der Waals surface area (Å²) in [6.45, 7) is 2.01. The molecule has 0 aliphatic heterocycles. The number of aromatic nitrogens is 2. The minimum Gasteiger partial charge on any atom is -0.475 e. The van der Waals surface area contributed by atoms with E-state index in [0.717, 1.165) is 20.1 Å². The number of carboxylic acid groups (broad SMARTS) is 1. The molecule has 0 spiro atoms. The van der Waals surface area contributed by atoms with Gasteiger partial charge in [0.2, 0.25) is 5.76 Å². The first-order chi connectivity index (χ1) is 9.13. The zero-order valence-corrected chi connectivity index (χ0v) is 11.4. The fraction of sp³-hybridized carbons (Fsp3) is 0.0833. The molecule has 3 heterocycles. The molecular formula is C12H8N2O3S2. The summed E-state index contributed by atoms with van der Waals surface area (Å²) in [4.78, 5) is 21.3. The Bertz CT molecular complexity index is 763. The second-order valence-corrected chi connectivity index (χ2v) is 6.01. The van der Waals surface area contributed by atoms with E-state index >= 15 is 0 Å². The molecule has 0 aliphatic carbocycles. The first kappa shape index (κ1) is 12.2. The van der Waals surface area contributed by atoms with Gasteiger partial charge in [-0.25, -0.2) is 14.8 Å². The lowest BCUT2D eigenvalue weighted by molar-refractivity contribution is 0.0656. The SMILES string of the molecule is Cc1cc2c(Sc3ccc(C(=O)O)o3)ncnc2s1. The largest absolute Gasteiger partial charge is 0.475 e. The van der Waals surface area contributed by atoms with Gasteiger partial charge in [0, 0.05) is 10.3 Å². The van der Waals surface area contributed by atoms with Crippen molar-refractivity contribution in [3.05, 3.63) is 35.2 Å². The zero-order chi connectivity index (χ0) is 13.4. The number of fused-ring (bicyclic) bond motifs is 1. The lowest BCUT2D eigenvalue weighted by Gasteiger charge is -1.98. The van der Waals surface area contributed by atoms with Crippen LogP contribution >= 0.6 is 23.1 Å². The summed E-state index contributed by atoms with van der Waals surface area (Å²) >= 11 is 2.89. The Morgan fingerprint density at radius 3 is 3.00 bits per heavy atom. The molecule has 0 atom stereocenters. The number of hydrogen-bond acceptors (Lipinski definition) is 6. The highest BCUT2D eigenvalue weighted by Crippen LogP contribution is 2.35. The van der Waals surface area contributed by atoms with Crippen molar-refractivity contribution in [2.75, 3.05) is 0 Å². The molecule has 0 unspecified atom stereocenters. The van der Waals surface area contributed by atoms with Crippen LogP contribution in [0.5, 0.6) is 0 Å². The average Bonchev–Trinajstić information content (AvgIpc) is 2.95. The van der Waals surface area contributed by atoms with Crippen molar-refractivity contribution in [1.82, 2.24) is 9.97 Å². The molecule has 0 saturated heterocycles. The van der Waals surface area contributed by atoms with Gasteiger partial charge in [-0.1, -0.05) is 0 Å². The van der Waals surface area contributed by atoms with Gasteiger partial charge in [-0.3, -0.25) is 0 Å². The Balaban J connectivity index is 1.98. The number of nitrogens with zero attached hydrogens (tertiary/aromatic N) is 2. The topological polar surface area (TPSA) is 76.2 Å². The van der Waals surface area contributed by atoms with Gasteiger partial charge in [0.15, 0.2) is 5.09 Å². The number of hydrogen-bond donors (Lipinski definition) is 1. The summed E-state index contributed by atoms with van der Waals surface area (Å²) in [5.41, 5.74) is 0. The third-order valence-electron chi connectivity index (χ3n) is 2.41. The van der Waals surface area contributed by atoms with Crippen molar-refractivity contribution < 1.29 is 14.3 Å². The van der Waals surface area contributed by atoms with E-state index in [1.54, 1.807) is 17.4 Å². The Morgan fingerprint density at radius 2 is 2.26 bits per heavy atom. The van der Waals surface area contributed by atoms with Crippen molar-refractivity contribution in [2.24, 2.45) is 0 Å². The third-order valence-corrected chi connectivity index (χ3v) is 4.30. The predicted molar refractivity (Wildman–Crippen MR) is 71.9 cm³/mol. The quantitative estimate of drug-likeness (QED) is 0.745. The molecule has 0 fully saturated rings. The number of thiophene rings is 1. The standard InChI is InChI=1S/C12H8N2O3S2/c1-6-4-7-10(18-6)13-5-14-11(7)19-9-3-2-8(17-9)12(15)16/h2-5H,1H3,(H,15,16). The molecule has 0 saturated carbocycles. The number of carbonyl (C=O) groups is 1. The van der Waals surface area contributed by atoms with Gasteiger partial charge in [-0.05, 0) is 36.9 Å². The molecule has 0 radical (unpaired) electrons. The maximum absolute atomic E-state index is 10.8. The van der Waals surface area contributed by atoms with Crippen LogP contribution in [0.15, 0.2) is 39.1 Å². The minimum absolute atomic E-state index is 0.0747. The lowest BCUT2D eigenvalue weighted by atomic mass is 10.4. The Labute approximate surface area is 116 Å². The maximum Gasteiger partial charge on any atom is 0.371 e. The molecule has 0 aromatic carbocycles. The zero-order valence-electron chi connectivity index (χ0n) is 9.78. The van der Waals surface area contributed by atoms with E-state index in [0.29, 0.717) is 5.09 Å². The smallest absolute Gasteiger partial charge is 0.371 e. The van der Waals surface area contributed by atoms with Crippen molar-refractivity contribution >= 4 is 39.3 Å². The van der Waals surface area contributed by atoms with Gasteiger partial charge in [0.25, 0.3) is 0 Å². The third kappa shape index (κ3) is 2.34. The molecule has 0 aliphatic rings. The maximum atomic E-state index is 10.8. The summed E-state index contributed by atoms with van der Waals surface area (Å²) in [7, 11) is 0. The molecule has 5 nitrogen and oxygen atoms in total. The molecule has 3 rings (SSSR count). The predicted octanol–water partition coefficient (Wildman–Crippen LogP) is 3.44. The van der Waals surface area contributed by atoms with Gasteiger partial charge >= 0.3 is 5.97 Å². The highest BCUT2D eigenvalue weighted by atomic mass is 32.2. The first-order valence-electron chi connectivity index (χ1n) is 5.35. The second-order valence-electron chi connectivity index (χ2n) is 3.78. The van der Waals surface area contributed by atoms with E-state index in [-0.39, 0.29) is 5.76 Å². The Morgan fingerprint density at radius 1 is 1.42 bits per heavy atom. The van der Waals surface area contributed by atoms with Gasteiger partial charge in [0.05, 0.1) is 0 Å². The van der Waals surface area contributed by atoms with E-state index in [9.17, 15) is 4.79 Å². The lowest BCUT2D eigenvalue weighted by Crippen LogP contribution is -1.91. The van der Waals surface area contributed by atoms with Crippen LogP contribution in [-0.4, -0.2) is 21.0 Å². The number of rotatable bonds is 3. The minimum atomic E-state index is -1.08. The van der Waals surface area contributed by atoms with Crippen LogP contribution in [0.2, 0.25) is 0 Å². The van der Waals surface area contributed by atoms with Gasteiger partial charge in [0.1, 0.15) is 16.2 Å². The molecule has 3 aromatic rings. The molecule has 1 N–H and O–H groups in total. The van der Waals surface area contributed by atoms with Gasteiger partial charge in [-0.15, -0.1) is 11.3 Å². The number of furan rings is 1. The highest BCUT2D eigenvalue weighted by molar-refractivity contribution is 7.99. The number of aryl methyl sites for hydroxylation is 1. The van der Waals surface area contributed by atoms with Crippen molar-refractivity contribution in [1.29, 1.82) is 0 Å². The first-order valence-corrected chi connectivity index (χ1v) is 6.99. The molecule has 0 amide bonds. The van der Waals surface area contributed by atoms with Crippen molar-refractivity contribution in [3.63, 3.8) is 0 Å². The molecule has 3 aromatic heterocycles. The van der Waals surface area contributed by atoms with E-state index in [1.165, 1.54) is 24.2 Å². The van der Waals surface area contributed by atoms with Crippen LogP contribution in [0.4, 0.5) is 0 Å². The Hall–Kier alpha value is -1.86. The summed E-state index contributed by atoms with van der Waals surface area (Å²) in [6.07, 6.45) is 1.50. The van der Waals surface area contributed by atoms with Crippen LogP contribution in [0.3, 0.4) is 0 Å². The van der Waals surface area contributed by atoms with Crippen LogP contribution in [0.25, 0.3) is 10.2 Å². The molecular weight excluding hydrogens is 284 g/mol. The fourth-order valence-corrected chi connectivity index (χ4v) is 3.36. The van der Waals surface area contributed by atoms with E-state index in [2.05, 4.69) is 9.97 Å². The van der Waals surface area contributed by atoms with Gasteiger partial charge < -0.3 is 9.52 Å². The number of carboxylic acids is 1. The molecule has 7 heteroatoms. The summed E-state index contributed by atoms with van der Waals surface area (Å²) in [5.74, 6) is -1.15. The van der Waals surface area contributed by atoms with Gasteiger partial charge in [-0.2, -0.15) is 0 Å². The average molecular weight is 292 g/mol. The van der Waals surface area contributed by atoms with Crippen molar-refractivity contribution in [3.8, 4) is 0 Å². The summed E-state index contributed by atoms with van der Waals surface area (Å²) < 4.78 is 5.21. The normalized spacial score (nSPS) is 11.0. The van der Waals surface area contributed by atoms with Crippen LogP contribution in [-0.2, 0) is 0 Å². The second kappa shape index (κ2) is 4.67. The number of aromatic carboxylic acids is 1. The van der Waals surface area contributed by atoms with Crippen LogP contribution in [0.1, 0.15) is 15.4 Å². The summed E-state index contributed by atoms with van der Waals surface area (Å²) in [5, 5.41) is 11.0. The van der Waals surface area contributed by atoms with Crippen molar-refractivity contribution in [2.45, 2.75) is 17.0 Å². The van der Waals surface area contributed by atoms with Crippen LogP contribution < -0.4 is 0 Å².